The highest BCUT2D eigenvalue weighted by atomic mass is 16.5. The van der Waals surface area contributed by atoms with Crippen molar-refractivity contribution in [1.82, 2.24) is 5.32 Å². The number of hydrogen-bond donors (Lipinski definition) is 1. The summed E-state index contributed by atoms with van der Waals surface area (Å²) in [5.74, 6) is -1.08. The molecule has 15 heavy (non-hydrogen) atoms. The zero-order valence-electron chi connectivity index (χ0n) is 9.04. The molecule has 0 radical (unpaired) electrons. The Morgan fingerprint density at radius 1 is 1.40 bits per heavy atom. The highest BCUT2D eigenvalue weighted by Gasteiger charge is 2.52. The van der Waals surface area contributed by atoms with Gasteiger partial charge in [0.25, 0.3) is 0 Å². The second-order valence-electron chi connectivity index (χ2n) is 4.60. The standard InChI is InChI=1S/C11H17NO3/c1-15-10(14)8-9(13)12-7-11(8)5-3-2-4-6-11/h8H,2-7H2,1H3,(H,12,13). The maximum atomic E-state index is 11.6. The number of hydrogen-bond acceptors (Lipinski definition) is 3. The van der Waals surface area contributed by atoms with Crippen LogP contribution in [0, 0.1) is 11.3 Å². The maximum absolute atomic E-state index is 11.6. The molecule has 1 unspecified atom stereocenters. The van der Waals surface area contributed by atoms with Gasteiger partial charge in [0, 0.05) is 12.0 Å². The number of carbonyl (C=O) groups is 2. The van der Waals surface area contributed by atoms with Crippen LogP contribution in [0.3, 0.4) is 0 Å². The average Bonchev–Trinajstić information content (AvgIpc) is 2.56. The predicted octanol–water partition coefficient (Wildman–Crippen LogP) is 0.856. The Labute approximate surface area is 89.4 Å². The minimum Gasteiger partial charge on any atom is -0.468 e. The van der Waals surface area contributed by atoms with Gasteiger partial charge in [0.2, 0.25) is 5.91 Å². The zero-order valence-corrected chi connectivity index (χ0v) is 9.04. The molecule has 1 N–H and O–H groups in total. The molecule has 0 aromatic heterocycles. The number of ether oxygens (including phenoxy) is 1. The van der Waals surface area contributed by atoms with E-state index in [-0.39, 0.29) is 17.3 Å². The summed E-state index contributed by atoms with van der Waals surface area (Å²) in [6, 6.07) is 0. The van der Waals surface area contributed by atoms with Gasteiger partial charge in [0.1, 0.15) is 5.92 Å². The van der Waals surface area contributed by atoms with E-state index in [1.54, 1.807) is 0 Å². The second kappa shape index (κ2) is 3.83. The third-order valence-corrected chi connectivity index (χ3v) is 3.78. The van der Waals surface area contributed by atoms with E-state index < -0.39 is 5.92 Å². The quantitative estimate of drug-likeness (QED) is 0.517. The van der Waals surface area contributed by atoms with Crippen molar-refractivity contribution in [3.05, 3.63) is 0 Å². The number of methoxy groups -OCH3 is 1. The molecule has 4 nitrogen and oxygen atoms in total. The lowest BCUT2D eigenvalue weighted by molar-refractivity contribution is -0.153. The number of nitrogens with one attached hydrogen (secondary N) is 1. The molecule has 1 spiro atoms. The second-order valence-corrected chi connectivity index (χ2v) is 4.60. The molecule has 1 saturated heterocycles. The van der Waals surface area contributed by atoms with E-state index in [0.717, 1.165) is 25.7 Å². The Hall–Kier alpha value is -1.06. The van der Waals surface area contributed by atoms with E-state index in [1.165, 1.54) is 13.5 Å². The van der Waals surface area contributed by atoms with Crippen molar-refractivity contribution >= 4 is 11.9 Å². The fourth-order valence-electron chi connectivity index (χ4n) is 2.94. The van der Waals surface area contributed by atoms with Gasteiger partial charge >= 0.3 is 5.97 Å². The van der Waals surface area contributed by atoms with Gasteiger partial charge in [-0.1, -0.05) is 19.3 Å². The van der Waals surface area contributed by atoms with Crippen molar-refractivity contribution in [2.75, 3.05) is 13.7 Å². The third kappa shape index (κ3) is 1.62. The fourth-order valence-corrected chi connectivity index (χ4v) is 2.94. The number of amides is 1. The summed E-state index contributed by atoms with van der Waals surface area (Å²) >= 11 is 0. The van der Waals surface area contributed by atoms with E-state index in [2.05, 4.69) is 5.32 Å². The summed E-state index contributed by atoms with van der Waals surface area (Å²) in [6.07, 6.45) is 5.37. The van der Waals surface area contributed by atoms with Crippen LogP contribution in [0.2, 0.25) is 0 Å². The molecule has 0 bridgehead atoms. The van der Waals surface area contributed by atoms with Crippen LogP contribution in [0.25, 0.3) is 0 Å². The molecule has 84 valence electrons. The molecule has 1 aliphatic carbocycles. The van der Waals surface area contributed by atoms with Crippen molar-refractivity contribution in [1.29, 1.82) is 0 Å². The summed E-state index contributed by atoms with van der Waals surface area (Å²) in [4.78, 5) is 23.3. The molecule has 4 heteroatoms. The van der Waals surface area contributed by atoms with E-state index in [1.807, 2.05) is 0 Å². The summed E-state index contributed by atoms with van der Waals surface area (Å²) in [5.41, 5.74) is -0.150. The minimum absolute atomic E-state index is 0.149. The Kier molecular flexibility index (Phi) is 2.67. The van der Waals surface area contributed by atoms with Gasteiger partial charge in [-0.3, -0.25) is 9.59 Å². The first-order valence-corrected chi connectivity index (χ1v) is 5.55. The zero-order chi connectivity index (χ0) is 10.9. The molecule has 1 aliphatic heterocycles. The van der Waals surface area contributed by atoms with Gasteiger partial charge in [-0.2, -0.15) is 0 Å². The average molecular weight is 211 g/mol. The van der Waals surface area contributed by atoms with Crippen LogP contribution in [0.1, 0.15) is 32.1 Å². The van der Waals surface area contributed by atoms with Crippen LogP contribution in [-0.2, 0) is 14.3 Å². The van der Waals surface area contributed by atoms with E-state index in [4.69, 9.17) is 4.74 Å². The van der Waals surface area contributed by atoms with Crippen molar-refractivity contribution in [3.63, 3.8) is 0 Å². The van der Waals surface area contributed by atoms with Crippen molar-refractivity contribution in [2.24, 2.45) is 11.3 Å². The molecule has 1 heterocycles. The van der Waals surface area contributed by atoms with Crippen molar-refractivity contribution < 1.29 is 14.3 Å². The van der Waals surface area contributed by atoms with Gasteiger partial charge in [-0.15, -0.1) is 0 Å². The van der Waals surface area contributed by atoms with Crippen molar-refractivity contribution in [3.8, 4) is 0 Å². The van der Waals surface area contributed by atoms with Crippen LogP contribution in [-0.4, -0.2) is 25.5 Å². The number of carbonyl (C=O) groups excluding carboxylic acids is 2. The Bertz CT molecular complexity index is 282. The summed E-state index contributed by atoms with van der Waals surface area (Å²) in [5, 5.41) is 2.81. The maximum Gasteiger partial charge on any atom is 0.318 e. The SMILES string of the molecule is COC(=O)C1C(=O)NCC12CCCCC2. The molecule has 1 atom stereocenters. The first-order chi connectivity index (χ1) is 7.19. The third-order valence-electron chi connectivity index (χ3n) is 3.78. The molecule has 0 aromatic rings. The Balaban J connectivity index is 2.22. The molecular formula is C11H17NO3. The highest BCUT2D eigenvalue weighted by Crippen LogP contribution is 2.45. The monoisotopic (exact) mass is 211 g/mol. The minimum atomic E-state index is -0.567. The number of rotatable bonds is 1. The molecule has 0 aromatic carbocycles. The molecule has 2 aliphatic rings. The van der Waals surface area contributed by atoms with Gasteiger partial charge in [0.05, 0.1) is 7.11 Å². The lowest BCUT2D eigenvalue weighted by Gasteiger charge is -2.35. The molecule has 2 fully saturated rings. The normalized spacial score (nSPS) is 28.9. The molecule has 1 saturated carbocycles. The summed E-state index contributed by atoms with van der Waals surface area (Å²) in [6.45, 7) is 0.644. The predicted molar refractivity (Wildman–Crippen MR) is 54.0 cm³/mol. The summed E-state index contributed by atoms with van der Waals surface area (Å²) in [7, 11) is 1.35. The van der Waals surface area contributed by atoms with Gasteiger partial charge in [-0.05, 0) is 12.8 Å². The topological polar surface area (TPSA) is 55.4 Å². The van der Waals surface area contributed by atoms with Crippen LogP contribution < -0.4 is 5.32 Å². The molecule has 1 amide bonds. The first kappa shape index (κ1) is 10.5. The molecule has 2 rings (SSSR count). The fraction of sp³-hybridized carbons (Fsp3) is 0.818. The van der Waals surface area contributed by atoms with Gasteiger partial charge < -0.3 is 10.1 Å². The van der Waals surface area contributed by atoms with E-state index in [9.17, 15) is 9.59 Å². The summed E-state index contributed by atoms with van der Waals surface area (Å²) < 4.78 is 4.73. The molecular weight excluding hydrogens is 194 g/mol. The largest absolute Gasteiger partial charge is 0.468 e. The van der Waals surface area contributed by atoms with Gasteiger partial charge in [-0.25, -0.2) is 0 Å². The first-order valence-electron chi connectivity index (χ1n) is 5.55. The van der Waals surface area contributed by atoms with E-state index >= 15 is 0 Å². The van der Waals surface area contributed by atoms with Crippen LogP contribution in [0.4, 0.5) is 0 Å². The van der Waals surface area contributed by atoms with Gasteiger partial charge in [0.15, 0.2) is 0 Å². The van der Waals surface area contributed by atoms with Crippen LogP contribution >= 0.6 is 0 Å². The lowest BCUT2D eigenvalue weighted by Crippen LogP contribution is -2.38. The Morgan fingerprint density at radius 3 is 2.67 bits per heavy atom. The highest BCUT2D eigenvalue weighted by molar-refractivity contribution is 6.00. The van der Waals surface area contributed by atoms with Crippen LogP contribution in [0.5, 0.6) is 0 Å². The Morgan fingerprint density at radius 2 is 2.07 bits per heavy atom. The van der Waals surface area contributed by atoms with E-state index in [0.29, 0.717) is 6.54 Å². The number of esters is 1. The van der Waals surface area contributed by atoms with Crippen LogP contribution in [0.15, 0.2) is 0 Å². The smallest absolute Gasteiger partial charge is 0.318 e. The van der Waals surface area contributed by atoms with Crippen molar-refractivity contribution in [2.45, 2.75) is 32.1 Å². The lowest BCUT2D eigenvalue weighted by atomic mass is 9.67.